The lowest BCUT2D eigenvalue weighted by Crippen LogP contribution is -2.28. The number of hydrogen-bond acceptors (Lipinski definition) is 7. The van der Waals surface area contributed by atoms with Crippen molar-refractivity contribution in [1.29, 1.82) is 0 Å². The average Bonchev–Trinajstić information content (AvgIpc) is 2.99. The first-order valence-corrected chi connectivity index (χ1v) is 14.9. The van der Waals surface area contributed by atoms with Crippen LogP contribution in [-0.4, -0.2) is 70.7 Å². The molecule has 0 aromatic heterocycles. The SMILES string of the molecule is CCOCCN(C)CCOc1ccc(CCCNc2cc(OC)c(OC)cc2[C@@H]2CCc3cc(O)ccc3C2)cc1F. The third-order valence-corrected chi connectivity index (χ3v) is 7.92. The number of hydrogen-bond donors (Lipinski definition) is 2. The van der Waals surface area contributed by atoms with Gasteiger partial charge in [-0.25, -0.2) is 4.39 Å². The number of nitrogens with one attached hydrogen (secondary N) is 1. The maximum absolute atomic E-state index is 14.7. The molecule has 2 N–H and O–H groups in total. The molecule has 3 aromatic rings. The molecule has 228 valence electrons. The summed E-state index contributed by atoms with van der Waals surface area (Å²) in [5, 5.41) is 13.5. The number of aryl methyl sites for hydroxylation is 2. The van der Waals surface area contributed by atoms with Gasteiger partial charge in [0.25, 0.3) is 0 Å². The molecule has 8 heteroatoms. The van der Waals surface area contributed by atoms with Gasteiger partial charge >= 0.3 is 0 Å². The van der Waals surface area contributed by atoms with Crippen LogP contribution >= 0.6 is 0 Å². The van der Waals surface area contributed by atoms with E-state index >= 15 is 0 Å². The van der Waals surface area contributed by atoms with Crippen LogP contribution in [0.15, 0.2) is 48.5 Å². The van der Waals surface area contributed by atoms with Crippen molar-refractivity contribution in [2.75, 3.05) is 66.0 Å². The van der Waals surface area contributed by atoms with Crippen LogP contribution in [0, 0.1) is 5.82 Å². The van der Waals surface area contributed by atoms with Crippen LogP contribution in [0.3, 0.4) is 0 Å². The highest BCUT2D eigenvalue weighted by Gasteiger charge is 2.24. The lowest BCUT2D eigenvalue weighted by molar-refractivity contribution is 0.116. The quantitative estimate of drug-likeness (QED) is 0.195. The topological polar surface area (TPSA) is 72.4 Å². The number of phenolic OH excluding ortho intramolecular Hbond substituents is 1. The molecule has 1 aliphatic rings. The number of methoxy groups -OCH3 is 2. The van der Waals surface area contributed by atoms with Gasteiger partial charge in [0.1, 0.15) is 12.4 Å². The molecule has 3 aromatic carbocycles. The normalized spacial score (nSPS) is 14.5. The summed E-state index contributed by atoms with van der Waals surface area (Å²) >= 11 is 0. The first-order valence-electron chi connectivity index (χ1n) is 14.9. The molecule has 0 bridgehead atoms. The monoisotopic (exact) mass is 580 g/mol. The molecular weight excluding hydrogens is 535 g/mol. The molecule has 1 atom stereocenters. The lowest BCUT2D eigenvalue weighted by atomic mass is 9.79. The molecule has 1 aliphatic carbocycles. The minimum absolute atomic E-state index is 0.286. The minimum atomic E-state index is -0.328. The van der Waals surface area contributed by atoms with Crippen LogP contribution < -0.4 is 19.5 Å². The Hall–Kier alpha value is -3.49. The molecule has 0 heterocycles. The van der Waals surface area contributed by atoms with Gasteiger partial charge in [-0.2, -0.15) is 0 Å². The van der Waals surface area contributed by atoms with Gasteiger partial charge in [0.05, 0.1) is 20.8 Å². The number of rotatable bonds is 16. The van der Waals surface area contributed by atoms with Crippen LogP contribution in [-0.2, 0) is 24.0 Å². The molecule has 0 saturated heterocycles. The summed E-state index contributed by atoms with van der Waals surface area (Å²) in [6.45, 7) is 6.04. The fourth-order valence-corrected chi connectivity index (χ4v) is 5.51. The van der Waals surface area contributed by atoms with E-state index in [4.69, 9.17) is 18.9 Å². The summed E-state index contributed by atoms with van der Waals surface area (Å²) in [6, 6.07) is 15.0. The number of fused-ring (bicyclic) bond motifs is 1. The zero-order chi connectivity index (χ0) is 29.9. The largest absolute Gasteiger partial charge is 0.508 e. The third kappa shape index (κ3) is 8.52. The molecule has 7 nitrogen and oxygen atoms in total. The second-order valence-corrected chi connectivity index (χ2v) is 10.8. The number of likely N-dealkylation sites (N-methyl/N-ethyl adjacent to an activating group) is 1. The molecule has 0 spiro atoms. The Morgan fingerprint density at radius 1 is 0.952 bits per heavy atom. The summed E-state index contributed by atoms with van der Waals surface area (Å²) in [6.07, 6.45) is 4.38. The van der Waals surface area contributed by atoms with Crippen LogP contribution in [0.1, 0.15) is 47.9 Å². The van der Waals surface area contributed by atoms with Crippen LogP contribution in [0.4, 0.5) is 10.1 Å². The highest BCUT2D eigenvalue weighted by atomic mass is 19.1. The smallest absolute Gasteiger partial charge is 0.165 e. The summed E-state index contributed by atoms with van der Waals surface area (Å²) in [5.74, 6) is 1.99. The molecule has 42 heavy (non-hydrogen) atoms. The second kappa shape index (κ2) is 15.7. The summed E-state index contributed by atoms with van der Waals surface area (Å²) in [5.41, 5.74) is 5.65. The molecule has 0 aliphatic heterocycles. The van der Waals surface area contributed by atoms with Gasteiger partial charge in [-0.15, -0.1) is 0 Å². The van der Waals surface area contributed by atoms with E-state index in [9.17, 15) is 9.50 Å². The zero-order valence-electron chi connectivity index (χ0n) is 25.4. The highest BCUT2D eigenvalue weighted by Crippen LogP contribution is 2.42. The standard InChI is InChI=1S/C34H45FN2O5/c1-5-41-17-15-37(2)16-18-42-32-13-8-24(19-30(32)35)7-6-14-36-31-23-34(40-4)33(39-3)22-29(31)27-10-9-26-21-28(38)12-11-25(26)20-27/h8,11-13,19,21-23,27,36,38H,5-7,9-10,14-18,20H2,1-4H3/t27-/m1/s1. The Morgan fingerprint density at radius 2 is 1.74 bits per heavy atom. The van der Waals surface area contributed by atoms with Gasteiger partial charge in [0.2, 0.25) is 0 Å². The predicted octanol–water partition coefficient (Wildman–Crippen LogP) is 6.21. The van der Waals surface area contributed by atoms with Gasteiger partial charge in [0, 0.05) is 38.0 Å². The fraction of sp³-hybridized carbons (Fsp3) is 0.471. The Morgan fingerprint density at radius 3 is 2.50 bits per heavy atom. The summed E-state index contributed by atoms with van der Waals surface area (Å²) in [4.78, 5) is 2.11. The van der Waals surface area contributed by atoms with Gasteiger partial charge in [-0.1, -0.05) is 12.1 Å². The molecular formula is C34H45FN2O5. The molecule has 0 unspecified atom stereocenters. The Kier molecular flexibility index (Phi) is 11.7. The first-order chi connectivity index (χ1) is 20.4. The third-order valence-electron chi connectivity index (χ3n) is 7.92. The van der Waals surface area contributed by atoms with Crippen LogP contribution in [0.5, 0.6) is 23.0 Å². The highest BCUT2D eigenvalue weighted by molar-refractivity contribution is 5.62. The Balaban J connectivity index is 1.33. The van der Waals surface area contributed by atoms with E-state index in [-0.39, 0.29) is 11.6 Å². The Bertz CT molecular complexity index is 1300. The van der Waals surface area contributed by atoms with Crippen molar-refractivity contribution >= 4 is 5.69 Å². The van der Waals surface area contributed by atoms with Crippen molar-refractivity contribution in [2.45, 2.75) is 44.9 Å². The average molecular weight is 581 g/mol. The van der Waals surface area contributed by atoms with Gasteiger partial charge in [-0.05, 0) is 105 Å². The van der Waals surface area contributed by atoms with Crippen molar-refractivity contribution in [3.8, 4) is 23.0 Å². The van der Waals surface area contributed by atoms with E-state index in [1.165, 1.54) is 16.7 Å². The molecule has 0 radical (unpaired) electrons. The van der Waals surface area contributed by atoms with E-state index < -0.39 is 0 Å². The molecule has 0 amide bonds. The first kappa shape index (κ1) is 31.4. The maximum Gasteiger partial charge on any atom is 0.165 e. The van der Waals surface area contributed by atoms with Crippen LogP contribution in [0.2, 0.25) is 0 Å². The van der Waals surface area contributed by atoms with E-state index in [0.29, 0.717) is 49.5 Å². The summed E-state index contributed by atoms with van der Waals surface area (Å²) < 4.78 is 37.0. The van der Waals surface area contributed by atoms with Crippen molar-refractivity contribution in [1.82, 2.24) is 4.90 Å². The van der Waals surface area contributed by atoms with E-state index in [2.05, 4.69) is 16.3 Å². The maximum atomic E-state index is 14.7. The minimum Gasteiger partial charge on any atom is -0.508 e. The van der Waals surface area contributed by atoms with E-state index in [1.807, 2.05) is 38.2 Å². The van der Waals surface area contributed by atoms with Gasteiger partial charge in [0.15, 0.2) is 23.1 Å². The van der Waals surface area contributed by atoms with Crippen molar-refractivity contribution < 1.29 is 28.4 Å². The number of aromatic hydroxyl groups is 1. The molecule has 0 saturated carbocycles. The lowest BCUT2D eigenvalue weighted by Gasteiger charge is -2.28. The van der Waals surface area contributed by atoms with Crippen molar-refractivity contribution in [2.24, 2.45) is 0 Å². The van der Waals surface area contributed by atoms with Gasteiger partial charge < -0.3 is 34.3 Å². The Labute approximate surface area is 249 Å². The molecule has 4 rings (SSSR count). The second-order valence-electron chi connectivity index (χ2n) is 10.8. The number of nitrogens with zero attached hydrogens (tertiary/aromatic N) is 1. The number of phenols is 1. The predicted molar refractivity (Wildman–Crippen MR) is 165 cm³/mol. The zero-order valence-corrected chi connectivity index (χ0v) is 25.4. The van der Waals surface area contributed by atoms with E-state index in [1.54, 1.807) is 32.4 Å². The van der Waals surface area contributed by atoms with E-state index in [0.717, 1.165) is 56.4 Å². The van der Waals surface area contributed by atoms with Crippen molar-refractivity contribution in [3.63, 3.8) is 0 Å². The molecule has 0 fully saturated rings. The number of halogens is 1. The number of ether oxygens (including phenoxy) is 4. The number of benzene rings is 3. The number of anilines is 1. The summed E-state index contributed by atoms with van der Waals surface area (Å²) in [7, 11) is 5.31. The van der Waals surface area contributed by atoms with Crippen molar-refractivity contribution in [3.05, 3.63) is 76.6 Å². The fourth-order valence-electron chi connectivity index (χ4n) is 5.51. The van der Waals surface area contributed by atoms with Gasteiger partial charge in [-0.3, -0.25) is 0 Å². The van der Waals surface area contributed by atoms with Crippen LogP contribution in [0.25, 0.3) is 0 Å².